The highest BCUT2D eigenvalue weighted by atomic mass is 15.3. The van der Waals surface area contributed by atoms with Gasteiger partial charge in [0.05, 0.1) is 0 Å². The molecule has 3 nitrogen and oxygen atoms in total. The van der Waals surface area contributed by atoms with Crippen LogP contribution >= 0.6 is 0 Å². The Morgan fingerprint density at radius 3 is 2.25 bits per heavy atom. The van der Waals surface area contributed by atoms with Crippen LogP contribution in [0.3, 0.4) is 0 Å². The molecule has 2 unspecified atom stereocenters. The molecule has 2 rings (SSSR count). The number of benzene rings is 1. The van der Waals surface area contributed by atoms with Crippen molar-refractivity contribution in [1.82, 2.24) is 9.80 Å². The Kier molecular flexibility index (Phi) is 6.02. The highest BCUT2D eigenvalue weighted by Crippen LogP contribution is 2.22. The Morgan fingerprint density at radius 1 is 1.05 bits per heavy atom. The molecule has 1 saturated heterocycles. The Balaban J connectivity index is 1.95. The second-order valence-corrected chi connectivity index (χ2v) is 5.79. The molecule has 0 spiro atoms. The average Bonchev–Trinajstić information content (AvgIpc) is 2.51. The van der Waals surface area contributed by atoms with Crippen LogP contribution in [-0.4, -0.2) is 48.6 Å². The summed E-state index contributed by atoms with van der Waals surface area (Å²) in [4.78, 5) is 5.15. The maximum atomic E-state index is 6.52. The molecule has 112 valence electrons. The van der Waals surface area contributed by atoms with Crippen LogP contribution in [0.4, 0.5) is 0 Å². The van der Waals surface area contributed by atoms with Gasteiger partial charge in [-0.3, -0.25) is 4.90 Å². The molecule has 0 aliphatic carbocycles. The first-order valence-corrected chi connectivity index (χ1v) is 8.03. The Hall–Kier alpha value is -0.900. The SMILES string of the molecule is CCCN1CCN(C(CC)C(N)c2ccccc2)CC1. The van der Waals surface area contributed by atoms with E-state index in [1.165, 1.54) is 31.6 Å². The smallest absolute Gasteiger partial charge is 0.0453 e. The van der Waals surface area contributed by atoms with Gasteiger partial charge in [0.1, 0.15) is 0 Å². The van der Waals surface area contributed by atoms with Gasteiger partial charge in [-0.05, 0) is 24.9 Å². The van der Waals surface area contributed by atoms with Gasteiger partial charge >= 0.3 is 0 Å². The number of nitrogens with zero attached hydrogens (tertiary/aromatic N) is 2. The van der Waals surface area contributed by atoms with Crippen LogP contribution in [0, 0.1) is 0 Å². The molecule has 1 heterocycles. The highest BCUT2D eigenvalue weighted by Gasteiger charge is 2.27. The van der Waals surface area contributed by atoms with Gasteiger partial charge in [0, 0.05) is 38.3 Å². The molecule has 0 aromatic heterocycles. The molecule has 1 aromatic carbocycles. The van der Waals surface area contributed by atoms with E-state index < -0.39 is 0 Å². The van der Waals surface area contributed by atoms with Gasteiger partial charge in [-0.15, -0.1) is 0 Å². The van der Waals surface area contributed by atoms with E-state index in [-0.39, 0.29) is 6.04 Å². The van der Waals surface area contributed by atoms with Crippen LogP contribution in [0.2, 0.25) is 0 Å². The molecule has 2 N–H and O–H groups in total. The van der Waals surface area contributed by atoms with Crippen LogP contribution in [-0.2, 0) is 0 Å². The van der Waals surface area contributed by atoms with Gasteiger partial charge in [-0.1, -0.05) is 44.2 Å². The van der Waals surface area contributed by atoms with Gasteiger partial charge in [-0.2, -0.15) is 0 Å². The van der Waals surface area contributed by atoms with Crippen molar-refractivity contribution in [1.29, 1.82) is 0 Å². The van der Waals surface area contributed by atoms with Crippen molar-refractivity contribution in [3.8, 4) is 0 Å². The van der Waals surface area contributed by atoms with Crippen molar-refractivity contribution >= 4 is 0 Å². The zero-order valence-corrected chi connectivity index (χ0v) is 13.0. The molecular weight excluding hydrogens is 246 g/mol. The molecule has 1 aliphatic rings. The molecule has 3 heteroatoms. The summed E-state index contributed by atoms with van der Waals surface area (Å²) < 4.78 is 0. The van der Waals surface area contributed by atoms with Crippen molar-refractivity contribution in [2.24, 2.45) is 5.73 Å². The van der Waals surface area contributed by atoms with E-state index in [9.17, 15) is 0 Å². The fourth-order valence-corrected chi connectivity index (χ4v) is 3.27. The molecule has 0 bridgehead atoms. The molecule has 0 amide bonds. The van der Waals surface area contributed by atoms with Crippen LogP contribution in [0.25, 0.3) is 0 Å². The van der Waals surface area contributed by atoms with Crippen LogP contribution < -0.4 is 5.73 Å². The molecule has 1 fully saturated rings. The Morgan fingerprint density at radius 2 is 1.70 bits per heavy atom. The van der Waals surface area contributed by atoms with E-state index in [1.807, 2.05) is 0 Å². The average molecular weight is 275 g/mol. The molecule has 1 aliphatic heterocycles. The van der Waals surface area contributed by atoms with Gasteiger partial charge in [-0.25, -0.2) is 0 Å². The lowest BCUT2D eigenvalue weighted by Crippen LogP contribution is -2.53. The monoisotopic (exact) mass is 275 g/mol. The first-order valence-electron chi connectivity index (χ1n) is 8.03. The predicted octanol–water partition coefficient (Wildman–Crippen LogP) is 2.49. The third-order valence-corrected chi connectivity index (χ3v) is 4.43. The lowest BCUT2D eigenvalue weighted by molar-refractivity contribution is 0.0826. The molecule has 20 heavy (non-hydrogen) atoms. The maximum Gasteiger partial charge on any atom is 0.0453 e. The third kappa shape index (κ3) is 3.81. The van der Waals surface area contributed by atoms with E-state index in [0.29, 0.717) is 6.04 Å². The van der Waals surface area contributed by atoms with E-state index in [4.69, 9.17) is 5.73 Å². The number of hydrogen-bond donors (Lipinski definition) is 1. The van der Waals surface area contributed by atoms with Crippen molar-refractivity contribution in [2.45, 2.75) is 38.8 Å². The first kappa shape index (κ1) is 15.5. The van der Waals surface area contributed by atoms with E-state index in [2.05, 4.69) is 54.0 Å². The minimum Gasteiger partial charge on any atom is -0.323 e. The quantitative estimate of drug-likeness (QED) is 0.866. The summed E-state index contributed by atoms with van der Waals surface area (Å²) in [6.07, 6.45) is 2.37. The number of rotatable bonds is 6. The van der Waals surface area contributed by atoms with Gasteiger partial charge in [0.2, 0.25) is 0 Å². The summed E-state index contributed by atoms with van der Waals surface area (Å²) in [7, 11) is 0. The highest BCUT2D eigenvalue weighted by molar-refractivity contribution is 5.20. The van der Waals surface area contributed by atoms with Gasteiger partial charge in [0.25, 0.3) is 0 Å². The Bertz CT molecular complexity index is 371. The van der Waals surface area contributed by atoms with Crippen molar-refractivity contribution in [3.05, 3.63) is 35.9 Å². The van der Waals surface area contributed by atoms with Crippen molar-refractivity contribution in [3.63, 3.8) is 0 Å². The third-order valence-electron chi connectivity index (χ3n) is 4.43. The number of hydrogen-bond acceptors (Lipinski definition) is 3. The van der Waals surface area contributed by atoms with E-state index in [1.54, 1.807) is 0 Å². The summed E-state index contributed by atoms with van der Waals surface area (Å²) in [5.74, 6) is 0. The van der Waals surface area contributed by atoms with E-state index in [0.717, 1.165) is 19.5 Å². The molecule has 1 aromatic rings. The fraction of sp³-hybridized carbons (Fsp3) is 0.647. The summed E-state index contributed by atoms with van der Waals surface area (Å²) in [6.45, 7) is 10.4. The number of nitrogens with two attached hydrogens (primary N) is 1. The molecule has 0 saturated carbocycles. The predicted molar refractivity (Wildman–Crippen MR) is 85.8 cm³/mol. The minimum absolute atomic E-state index is 0.124. The zero-order chi connectivity index (χ0) is 14.4. The molecular formula is C17H29N3. The normalized spacial score (nSPS) is 20.8. The Labute approximate surface area is 123 Å². The van der Waals surface area contributed by atoms with Crippen LogP contribution in [0.1, 0.15) is 38.3 Å². The fourth-order valence-electron chi connectivity index (χ4n) is 3.27. The maximum absolute atomic E-state index is 6.52. The summed E-state index contributed by atoms with van der Waals surface area (Å²) in [6, 6.07) is 11.1. The topological polar surface area (TPSA) is 32.5 Å². The van der Waals surface area contributed by atoms with Crippen LogP contribution in [0.15, 0.2) is 30.3 Å². The number of piperazine rings is 1. The molecule has 2 atom stereocenters. The van der Waals surface area contributed by atoms with Crippen molar-refractivity contribution < 1.29 is 0 Å². The summed E-state index contributed by atoms with van der Waals surface area (Å²) >= 11 is 0. The lowest BCUT2D eigenvalue weighted by atomic mass is 9.96. The molecule has 0 radical (unpaired) electrons. The second kappa shape index (κ2) is 7.77. The van der Waals surface area contributed by atoms with Crippen molar-refractivity contribution in [2.75, 3.05) is 32.7 Å². The first-order chi connectivity index (χ1) is 9.76. The van der Waals surface area contributed by atoms with Crippen LogP contribution in [0.5, 0.6) is 0 Å². The lowest BCUT2D eigenvalue weighted by Gasteiger charge is -2.41. The largest absolute Gasteiger partial charge is 0.323 e. The minimum atomic E-state index is 0.124. The standard InChI is InChI=1S/C17H29N3/c1-3-10-19-11-13-20(14-12-19)16(4-2)17(18)15-8-6-5-7-9-15/h5-9,16-17H,3-4,10-14,18H2,1-2H3. The summed E-state index contributed by atoms with van der Waals surface area (Å²) in [5, 5.41) is 0. The second-order valence-electron chi connectivity index (χ2n) is 5.79. The van der Waals surface area contributed by atoms with Gasteiger partial charge < -0.3 is 10.6 Å². The van der Waals surface area contributed by atoms with Gasteiger partial charge in [0.15, 0.2) is 0 Å². The summed E-state index contributed by atoms with van der Waals surface area (Å²) in [5.41, 5.74) is 7.78. The zero-order valence-electron chi connectivity index (χ0n) is 13.0. The van der Waals surface area contributed by atoms with E-state index >= 15 is 0 Å².